The molecule has 20 heavy (non-hydrogen) atoms. The fourth-order valence-electron chi connectivity index (χ4n) is 1.52. The van der Waals surface area contributed by atoms with Gasteiger partial charge in [0.25, 0.3) is 0 Å². The zero-order chi connectivity index (χ0) is 15.0. The first-order chi connectivity index (χ1) is 9.45. The Morgan fingerprint density at radius 1 is 1.20 bits per heavy atom. The van der Waals surface area contributed by atoms with Gasteiger partial charge >= 0.3 is 0 Å². The van der Waals surface area contributed by atoms with E-state index in [1.165, 1.54) is 24.3 Å². The van der Waals surface area contributed by atoms with Crippen LogP contribution in [0.1, 0.15) is 26.2 Å². The molecule has 0 atom stereocenters. The molecule has 0 fully saturated rings. The molecule has 1 amide bonds. The Labute approximate surface area is 124 Å². The topological polar surface area (TPSA) is 75.3 Å². The van der Waals surface area contributed by atoms with E-state index in [-0.39, 0.29) is 17.3 Å². The number of sulfonamides is 1. The molecular formula is C13H19ClN2O3S. The zero-order valence-corrected chi connectivity index (χ0v) is 12.9. The number of benzene rings is 1. The minimum Gasteiger partial charge on any atom is -0.355 e. The average Bonchev–Trinajstić information content (AvgIpc) is 2.42. The molecule has 0 unspecified atom stereocenters. The molecule has 7 heteroatoms. The van der Waals surface area contributed by atoms with E-state index in [1.807, 2.05) is 0 Å². The Morgan fingerprint density at radius 3 is 2.45 bits per heavy atom. The van der Waals surface area contributed by atoms with Gasteiger partial charge in [-0.3, -0.25) is 4.79 Å². The van der Waals surface area contributed by atoms with Gasteiger partial charge in [-0.05, 0) is 30.7 Å². The van der Waals surface area contributed by atoms with Crippen LogP contribution in [0.5, 0.6) is 0 Å². The number of halogens is 1. The van der Waals surface area contributed by atoms with Crippen LogP contribution in [0.25, 0.3) is 0 Å². The summed E-state index contributed by atoms with van der Waals surface area (Å²) >= 11 is 5.69. The SMILES string of the molecule is CCCCCNC(=O)CNS(=O)(=O)c1ccc(Cl)cc1. The molecule has 0 bridgehead atoms. The Hall–Kier alpha value is -1.11. The summed E-state index contributed by atoms with van der Waals surface area (Å²) < 4.78 is 26.0. The summed E-state index contributed by atoms with van der Waals surface area (Å²) in [4.78, 5) is 11.6. The minimum atomic E-state index is -3.68. The van der Waals surface area contributed by atoms with Crippen LogP contribution in [0.15, 0.2) is 29.2 Å². The van der Waals surface area contributed by atoms with E-state index in [0.29, 0.717) is 11.6 Å². The summed E-state index contributed by atoms with van der Waals surface area (Å²) in [6.45, 7) is 2.37. The van der Waals surface area contributed by atoms with Gasteiger partial charge in [0, 0.05) is 11.6 Å². The van der Waals surface area contributed by atoms with E-state index >= 15 is 0 Å². The smallest absolute Gasteiger partial charge is 0.241 e. The highest BCUT2D eigenvalue weighted by Crippen LogP contribution is 2.13. The third-order valence-corrected chi connectivity index (χ3v) is 4.32. The Kier molecular flexibility index (Phi) is 6.98. The molecule has 1 rings (SSSR count). The number of carbonyl (C=O) groups is 1. The maximum atomic E-state index is 11.9. The van der Waals surface area contributed by atoms with Crippen molar-refractivity contribution in [3.63, 3.8) is 0 Å². The van der Waals surface area contributed by atoms with Crippen molar-refractivity contribution in [3.05, 3.63) is 29.3 Å². The van der Waals surface area contributed by atoms with E-state index < -0.39 is 10.0 Å². The Bertz CT molecular complexity index is 529. The van der Waals surface area contributed by atoms with E-state index in [2.05, 4.69) is 17.0 Å². The lowest BCUT2D eigenvalue weighted by Crippen LogP contribution is -2.37. The first-order valence-corrected chi connectivity index (χ1v) is 8.33. The third-order valence-electron chi connectivity index (χ3n) is 2.65. The Morgan fingerprint density at radius 2 is 1.85 bits per heavy atom. The van der Waals surface area contributed by atoms with Crippen molar-refractivity contribution < 1.29 is 13.2 Å². The van der Waals surface area contributed by atoms with Crippen LogP contribution < -0.4 is 10.0 Å². The standard InChI is InChI=1S/C13H19ClN2O3S/c1-2-3-4-9-15-13(17)10-16-20(18,19)12-7-5-11(14)6-8-12/h5-8,16H,2-4,9-10H2,1H3,(H,15,17). The molecule has 0 heterocycles. The highest BCUT2D eigenvalue weighted by atomic mass is 35.5. The summed E-state index contributed by atoms with van der Waals surface area (Å²) in [5.41, 5.74) is 0. The van der Waals surface area contributed by atoms with Gasteiger partial charge in [-0.25, -0.2) is 13.1 Å². The second kappa shape index (κ2) is 8.24. The van der Waals surface area contributed by atoms with Crippen LogP contribution >= 0.6 is 11.6 Å². The first kappa shape index (κ1) is 16.9. The molecule has 0 aromatic heterocycles. The van der Waals surface area contributed by atoms with Crippen LogP contribution in [0.3, 0.4) is 0 Å². The summed E-state index contributed by atoms with van der Waals surface area (Å²) in [5.74, 6) is -0.335. The Balaban J connectivity index is 2.43. The van der Waals surface area contributed by atoms with Gasteiger partial charge in [0.15, 0.2) is 0 Å². The van der Waals surface area contributed by atoms with Crippen molar-refractivity contribution in [1.82, 2.24) is 10.0 Å². The largest absolute Gasteiger partial charge is 0.355 e. The fourth-order valence-corrected chi connectivity index (χ4v) is 2.63. The average molecular weight is 319 g/mol. The second-order valence-electron chi connectivity index (χ2n) is 4.34. The van der Waals surface area contributed by atoms with Crippen LogP contribution in [0.2, 0.25) is 5.02 Å². The number of carbonyl (C=O) groups excluding carboxylic acids is 1. The van der Waals surface area contributed by atoms with E-state index in [9.17, 15) is 13.2 Å². The van der Waals surface area contributed by atoms with E-state index in [1.54, 1.807) is 0 Å². The van der Waals surface area contributed by atoms with Crippen molar-refractivity contribution in [3.8, 4) is 0 Å². The summed E-state index contributed by atoms with van der Waals surface area (Å²) in [5, 5.41) is 3.12. The van der Waals surface area contributed by atoms with Crippen molar-refractivity contribution in [1.29, 1.82) is 0 Å². The number of amides is 1. The molecular weight excluding hydrogens is 300 g/mol. The number of rotatable bonds is 8. The minimum absolute atomic E-state index is 0.0840. The van der Waals surface area contributed by atoms with Crippen LogP contribution in [0.4, 0.5) is 0 Å². The van der Waals surface area contributed by atoms with Gasteiger partial charge in [-0.2, -0.15) is 0 Å². The van der Waals surface area contributed by atoms with Crippen molar-refractivity contribution in [2.24, 2.45) is 0 Å². The number of unbranched alkanes of at least 4 members (excludes halogenated alkanes) is 2. The van der Waals surface area contributed by atoms with E-state index in [0.717, 1.165) is 19.3 Å². The monoisotopic (exact) mass is 318 g/mol. The summed E-state index contributed by atoms with van der Waals surface area (Å²) in [6, 6.07) is 5.76. The summed E-state index contributed by atoms with van der Waals surface area (Å²) in [6.07, 6.45) is 3.00. The fraction of sp³-hybridized carbons (Fsp3) is 0.462. The molecule has 1 aromatic carbocycles. The molecule has 0 aliphatic heterocycles. The van der Waals surface area contributed by atoms with Crippen LogP contribution in [-0.2, 0) is 14.8 Å². The van der Waals surface area contributed by atoms with E-state index in [4.69, 9.17) is 11.6 Å². The molecule has 0 radical (unpaired) electrons. The molecule has 0 saturated heterocycles. The van der Waals surface area contributed by atoms with Crippen molar-refractivity contribution in [2.45, 2.75) is 31.1 Å². The molecule has 0 aliphatic rings. The van der Waals surface area contributed by atoms with Gasteiger partial charge in [0.1, 0.15) is 0 Å². The molecule has 1 aromatic rings. The van der Waals surface area contributed by atoms with Gasteiger partial charge in [-0.15, -0.1) is 0 Å². The predicted molar refractivity (Wildman–Crippen MR) is 79.2 cm³/mol. The highest BCUT2D eigenvalue weighted by Gasteiger charge is 2.14. The van der Waals surface area contributed by atoms with Gasteiger partial charge in [0.2, 0.25) is 15.9 Å². The molecule has 5 nitrogen and oxygen atoms in total. The molecule has 0 spiro atoms. The van der Waals surface area contributed by atoms with Crippen molar-refractivity contribution in [2.75, 3.05) is 13.1 Å². The van der Waals surface area contributed by atoms with Crippen LogP contribution in [-0.4, -0.2) is 27.4 Å². The normalized spacial score (nSPS) is 11.3. The van der Waals surface area contributed by atoms with Crippen molar-refractivity contribution >= 4 is 27.5 Å². The second-order valence-corrected chi connectivity index (χ2v) is 6.54. The first-order valence-electron chi connectivity index (χ1n) is 6.47. The number of nitrogens with one attached hydrogen (secondary N) is 2. The molecule has 2 N–H and O–H groups in total. The van der Waals surface area contributed by atoms with Gasteiger partial charge < -0.3 is 5.32 Å². The number of hydrogen-bond acceptors (Lipinski definition) is 3. The third kappa shape index (κ3) is 5.90. The van der Waals surface area contributed by atoms with Crippen LogP contribution in [0, 0.1) is 0 Å². The quantitative estimate of drug-likeness (QED) is 0.719. The highest BCUT2D eigenvalue weighted by molar-refractivity contribution is 7.89. The zero-order valence-electron chi connectivity index (χ0n) is 11.4. The maximum absolute atomic E-state index is 11.9. The lowest BCUT2D eigenvalue weighted by Gasteiger charge is -2.07. The molecule has 0 saturated carbocycles. The van der Waals surface area contributed by atoms with Gasteiger partial charge in [0.05, 0.1) is 11.4 Å². The lowest BCUT2D eigenvalue weighted by atomic mass is 10.2. The molecule has 0 aliphatic carbocycles. The molecule has 112 valence electrons. The number of hydrogen-bond donors (Lipinski definition) is 2. The lowest BCUT2D eigenvalue weighted by molar-refractivity contribution is -0.119. The van der Waals surface area contributed by atoms with Gasteiger partial charge in [-0.1, -0.05) is 31.4 Å². The predicted octanol–water partition coefficient (Wildman–Crippen LogP) is 1.92. The maximum Gasteiger partial charge on any atom is 0.241 e. The summed E-state index contributed by atoms with van der Waals surface area (Å²) in [7, 11) is -3.68.